The van der Waals surface area contributed by atoms with Crippen molar-refractivity contribution in [3.05, 3.63) is 72.3 Å². The predicted molar refractivity (Wildman–Crippen MR) is 99.9 cm³/mol. The third kappa shape index (κ3) is 3.84. The molecule has 0 amide bonds. The average Bonchev–Trinajstić information content (AvgIpc) is 3.12. The first kappa shape index (κ1) is 16.5. The molecule has 4 heterocycles. The molecule has 0 radical (unpaired) electrons. The van der Waals surface area contributed by atoms with Crippen LogP contribution in [-0.4, -0.2) is 20.1 Å². The summed E-state index contributed by atoms with van der Waals surface area (Å²) < 4.78 is 11.0. The van der Waals surface area contributed by atoms with Crippen LogP contribution in [0.5, 0.6) is 11.6 Å². The minimum Gasteiger partial charge on any atom is -0.437 e. The molecule has 4 aromatic heterocycles. The molecule has 0 spiro atoms. The standard InChI is InChI=1S/C19H16N6O2/c20-17-5-4-15(19(21)24-17)16-9-13(25-27-16)8-12-3-6-18(23-10-12)26-14-2-1-7-22-11-14/h1-7,9-11H,8H2,(H4,20,21,24). The molecule has 4 rings (SSSR count). The molecule has 0 aliphatic heterocycles. The first-order chi connectivity index (χ1) is 13.2. The molecule has 0 fully saturated rings. The van der Waals surface area contributed by atoms with Crippen molar-refractivity contribution in [1.82, 2.24) is 20.1 Å². The summed E-state index contributed by atoms with van der Waals surface area (Å²) in [4.78, 5) is 12.3. The van der Waals surface area contributed by atoms with Crippen LogP contribution in [0.2, 0.25) is 0 Å². The number of nitrogens with zero attached hydrogens (tertiary/aromatic N) is 4. The summed E-state index contributed by atoms with van der Waals surface area (Å²) in [6.45, 7) is 0. The van der Waals surface area contributed by atoms with E-state index in [1.165, 1.54) is 0 Å². The highest BCUT2D eigenvalue weighted by molar-refractivity contribution is 5.71. The second-order valence-corrected chi connectivity index (χ2v) is 5.82. The van der Waals surface area contributed by atoms with Gasteiger partial charge in [-0.15, -0.1) is 0 Å². The van der Waals surface area contributed by atoms with E-state index in [2.05, 4.69) is 20.1 Å². The lowest BCUT2D eigenvalue weighted by atomic mass is 10.1. The molecular formula is C19H16N6O2. The van der Waals surface area contributed by atoms with E-state index < -0.39 is 0 Å². The molecule has 4 aromatic rings. The van der Waals surface area contributed by atoms with Crippen LogP contribution in [0.3, 0.4) is 0 Å². The minimum atomic E-state index is 0.302. The Hall–Kier alpha value is -3.94. The number of rotatable bonds is 5. The molecule has 0 aliphatic carbocycles. The van der Waals surface area contributed by atoms with E-state index in [4.69, 9.17) is 20.7 Å². The van der Waals surface area contributed by atoms with Crippen molar-refractivity contribution in [2.45, 2.75) is 6.42 Å². The fraction of sp³-hybridized carbons (Fsp3) is 0.0526. The number of nitrogen functional groups attached to an aromatic ring is 2. The third-order valence-corrected chi connectivity index (χ3v) is 3.81. The van der Waals surface area contributed by atoms with Crippen molar-refractivity contribution in [1.29, 1.82) is 0 Å². The smallest absolute Gasteiger partial charge is 0.219 e. The zero-order valence-electron chi connectivity index (χ0n) is 14.2. The van der Waals surface area contributed by atoms with Crippen molar-refractivity contribution in [2.75, 3.05) is 11.5 Å². The Kier molecular flexibility index (Phi) is 4.36. The van der Waals surface area contributed by atoms with Crippen LogP contribution in [0, 0.1) is 0 Å². The Morgan fingerprint density at radius 2 is 1.96 bits per heavy atom. The topological polar surface area (TPSA) is 126 Å². The minimum absolute atomic E-state index is 0.302. The molecule has 0 aromatic carbocycles. The summed E-state index contributed by atoms with van der Waals surface area (Å²) >= 11 is 0. The molecule has 134 valence electrons. The number of pyridine rings is 3. The van der Waals surface area contributed by atoms with Crippen molar-refractivity contribution in [3.63, 3.8) is 0 Å². The normalized spacial score (nSPS) is 10.7. The van der Waals surface area contributed by atoms with E-state index in [1.54, 1.807) is 42.9 Å². The Balaban J connectivity index is 1.46. The van der Waals surface area contributed by atoms with Gasteiger partial charge in [-0.2, -0.15) is 0 Å². The summed E-state index contributed by atoms with van der Waals surface area (Å²) in [7, 11) is 0. The largest absolute Gasteiger partial charge is 0.437 e. The van der Waals surface area contributed by atoms with E-state index in [0.29, 0.717) is 41.0 Å². The maximum absolute atomic E-state index is 5.89. The van der Waals surface area contributed by atoms with Crippen LogP contribution < -0.4 is 16.2 Å². The Morgan fingerprint density at radius 3 is 2.70 bits per heavy atom. The summed E-state index contributed by atoms with van der Waals surface area (Å²) in [5, 5.41) is 4.08. The SMILES string of the molecule is Nc1ccc(-c2cc(Cc3ccc(Oc4cccnc4)nc3)no2)c(N)n1. The number of hydrogen-bond acceptors (Lipinski definition) is 8. The molecule has 0 unspecified atom stereocenters. The van der Waals surface area contributed by atoms with Crippen LogP contribution in [0.1, 0.15) is 11.3 Å². The quantitative estimate of drug-likeness (QED) is 0.556. The number of hydrogen-bond donors (Lipinski definition) is 2. The van der Waals surface area contributed by atoms with Crippen LogP contribution in [0.25, 0.3) is 11.3 Å². The van der Waals surface area contributed by atoms with Gasteiger partial charge in [0, 0.05) is 30.9 Å². The lowest BCUT2D eigenvalue weighted by Gasteiger charge is -2.04. The second kappa shape index (κ2) is 7.12. The van der Waals surface area contributed by atoms with Gasteiger partial charge in [0.1, 0.15) is 17.4 Å². The summed E-state index contributed by atoms with van der Waals surface area (Å²) in [5.74, 6) is 2.33. The van der Waals surface area contributed by atoms with Gasteiger partial charge in [-0.1, -0.05) is 11.2 Å². The monoisotopic (exact) mass is 360 g/mol. The molecule has 0 bridgehead atoms. The van der Waals surface area contributed by atoms with E-state index in [0.717, 1.165) is 11.3 Å². The van der Waals surface area contributed by atoms with Crippen molar-refractivity contribution in [3.8, 4) is 23.0 Å². The molecule has 8 nitrogen and oxygen atoms in total. The summed E-state index contributed by atoms with van der Waals surface area (Å²) in [6, 6.07) is 12.6. The molecule has 0 saturated carbocycles. The van der Waals surface area contributed by atoms with E-state index in [9.17, 15) is 0 Å². The second-order valence-electron chi connectivity index (χ2n) is 5.82. The molecule has 0 aliphatic rings. The van der Waals surface area contributed by atoms with Gasteiger partial charge in [0.15, 0.2) is 5.76 Å². The van der Waals surface area contributed by atoms with E-state index in [-0.39, 0.29) is 0 Å². The van der Waals surface area contributed by atoms with Crippen molar-refractivity contribution < 1.29 is 9.26 Å². The zero-order chi connectivity index (χ0) is 18.6. The van der Waals surface area contributed by atoms with Crippen molar-refractivity contribution in [2.24, 2.45) is 0 Å². The van der Waals surface area contributed by atoms with Gasteiger partial charge >= 0.3 is 0 Å². The lowest BCUT2D eigenvalue weighted by Crippen LogP contribution is -1.97. The van der Waals surface area contributed by atoms with Gasteiger partial charge in [0.05, 0.1) is 17.5 Å². The fourth-order valence-corrected chi connectivity index (χ4v) is 2.53. The zero-order valence-corrected chi connectivity index (χ0v) is 14.2. The molecule has 0 atom stereocenters. The number of nitrogens with two attached hydrogens (primary N) is 2. The van der Waals surface area contributed by atoms with Gasteiger partial charge < -0.3 is 20.7 Å². The van der Waals surface area contributed by atoms with Gasteiger partial charge in [0.25, 0.3) is 0 Å². The van der Waals surface area contributed by atoms with E-state index >= 15 is 0 Å². The van der Waals surface area contributed by atoms with Crippen molar-refractivity contribution >= 4 is 11.6 Å². The molecular weight excluding hydrogens is 344 g/mol. The van der Waals surface area contributed by atoms with Gasteiger partial charge in [-0.3, -0.25) is 4.98 Å². The fourth-order valence-electron chi connectivity index (χ4n) is 2.53. The number of ether oxygens (including phenoxy) is 1. The maximum atomic E-state index is 5.89. The molecule has 27 heavy (non-hydrogen) atoms. The predicted octanol–water partition coefficient (Wildman–Crippen LogP) is 3.07. The first-order valence-electron chi connectivity index (χ1n) is 8.18. The Labute approximate surface area is 154 Å². The van der Waals surface area contributed by atoms with Crippen LogP contribution >= 0.6 is 0 Å². The highest BCUT2D eigenvalue weighted by Gasteiger charge is 2.12. The van der Waals surface area contributed by atoms with Crippen LogP contribution in [-0.2, 0) is 6.42 Å². The van der Waals surface area contributed by atoms with Gasteiger partial charge in [0.2, 0.25) is 5.88 Å². The number of aromatic nitrogens is 4. The lowest BCUT2D eigenvalue weighted by molar-refractivity contribution is 0.425. The summed E-state index contributed by atoms with van der Waals surface area (Å²) in [5.41, 5.74) is 13.9. The first-order valence-corrected chi connectivity index (χ1v) is 8.18. The Bertz CT molecular complexity index is 1050. The van der Waals surface area contributed by atoms with Crippen LogP contribution in [0.4, 0.5) is 11.6 Å². The van der Waals surface area contributed by atoms with Gasteiger partial charge in [-0.05, 0) is 29.8 Å². The maximum Gasteiger partial charge on any atom is 0.219 e. The van der Waals surface area contributed by atoms with Crippen LogP contribution in [0.15, 0.2) is 65.6 Å². The molecule has 4 N–H and O–H groups in total. The molecule has 0 saturated heterocycles. The number of anilines is 2. The highest BCUT2D eigenvalue weighted by atomic mass is 16.5. The highest BCUT2D eigenvalue weighted by Crippen LogP contribution is 2.27. The van der Waals surface area contributed by atoms with E-state index in [1.807, 2.05) is 18.2 Å². The Morgan fingerprint density at radius 1 is 1.04 bits per heavy atom. The average molecular weight is 360 g/mol. The molecule has 8 heteroatoms. The third-order valence-electron chi connectivity index (χ3n) is 3.81. The van der Waals surface area contributed by atoms with Gasteiger partial charge in [-0.25, -0.2) is 9.97 Å². The summed E-state index contributed by atoms with van der Waals surface area (Å²) in [6.07, 6.45) is 5.61.